The van der Waals surface area contributed by atoms with Crippen LogP contribution in [-0.2, 0) is 6.61 Å². The largest absolute Gasteiger partial charge is 0.486 e. The molecule has 0 aliphatic heterocycles. The molecule has 0 radical (unpaired) electrons. The van der Waals surface area contributed by atoms with Crippen molar-refractivity contribution < 1.29 is 14.6 Å². The van der Waals surface area contributed by atoms with Crippen LogP contribution < -0.4 is 4.74 Å². The molecule has 1 aromatic carbocycles. The average Bonchev–Trinajstić information content (AvgIpc) is 3.16. The Labute approximate surface area is 127 Å². The van der Waals surface area contributed by atoms with Crippen LogP contribution in [-0.4, -0.2) is 16.1 Å². The van der Waals surface area contributed by atoms with E-state index in [4.69, 9.17) is 9.84 Å². The van der Waals surface area contributed by atoms with Gasteiger partial charge in [-0.15, -0.1) is 11.3 Å². The lowest BCUT2D eigenvalue weighted by atomic mass is 10.1. The molecule has 1 aliphatic rings. The molecule has 21 heavy (non-hydrogen) atoms. The second kappa shape index (κ2) is 6.26. The van der Waals surface area contributed by atoms with Crippen LogP contribution in [0.2, 0.25) is 0 Å². The molecule has 0 saturated heterocycles. The summed E-state index contributed by atoms with van der Waals surface area (Å²) in [5.41, 5.74) is 1.42. The van der Waals surface area contributed by atoms with Gasteiger partial charge in [-0.2, -0.15) is 0 Å². The fraction of sp³-hybridized carbons (Fsp3) is 0.375. The molecule has 1 N–H and O–H groups in total. The van der Waals surface area contributed by atoms with E-state index in [-0.39, 0.29) is 5.56 Å². The highest BCUT2D eigenvalue weighted by Gasteiger charge is 2.19. The van der Waals surface area contributed by atoms with E-state index in [1.807, 2.05) is 0 Å². The van der Waals surface area contributed by atoms with E-state index in [0.29, 0.717) is 18.3 Å². The first-order valence-corrected chi connectivity index (χ1v) is 8.01. The molecule has 3 rings (SSSR count). The molecule has 0 spiro atoms. The summed E-state index contributed by atoms with van der Waals surface area (Å²) in [4.78, 5) is 15.6. The van der Waals surface area contributed by atoms with Gasteiger partial charge in [-0.3, -0.25) is 0 Å². The SMILES string of the molecule is O=C(O)c1cccc(OCc2nc(C3CCCC3)cs2)c1. The molecule has 1 fully saturated rings. The van der Waals surface area contributed by atoms with Crippen molar-refractivity contribution in [3.05, 3.63) is 45.9 Å². The number of benzene rings is 1. The minimum absolute atomic E-state index is 0.235. The van der Waals surface area contributed by atoms with Crippen LogP contribution in [0.15, 0.2) is 29.6 Å². The molecule has 4 nitrogen and oxygen atoms in total. The van der Waals surface area contributed by atoms with Crippen molar-refractivity contribution in [2.75, 3.05) is 0 Å². The van der Waals surface area contributed by atoms with E-state index in [0.717, 1.165) is 5.01 Å². The second-order valence-corrected chi connectivity index (χ2v) is 6.21. The summed E-state index contributed by atoms with van der Waals surface area (Å²) in [5.74, 6) is 0.232. The highest BCUT2D eigenvalue weighted by molar-refractivity contribution is 7.09. The number of aromatic nitrogens is 1. The summed E-state index contributed by atoms with van der Waals surface area (Å²) in [6.07, 6.45) is 5.08. The molecule has 2 aromatic rings. The molecule has 0 amide bonds. The normalized spacial score (nSPS) is 15.2. The maximum atomic E-state index is 10.9. The number of carboxylic acids is 1. The first-order chi connectivity index (χ1) is 10.2. The lowest BCUT2D eigenvalue weighted by Crippen LogP contribution is -1.99. The van der Waals surface area contributed by atoms with Crippen molar-refractivity contribution >= 4 is 17.3 Å². The van der Waals surface area contributed by atoms with Crippen molar-refractivity contribution in [1.29, 1.82) is 0 Å². The molecule has 1 aromatic heterocycles. The van der Waals surface area contributed by atoms with E-state index in [2.05, 4.69) is 10.4 Å². The maximum absolute atomic E-state index is 10.9. The van der Waals surface area contributed by atoms with E-state index in [1.165, 1.54) is 37.4 Å². The first-order valence-electron chi connectivity index (χ1n) is 7.13. The predicted octanol–water partition coefficient (Wildman–Crippen LogP) is 4.08. The molecule has 0 atom stereocenters. The van der Waals surface area contributed by atoms with Crippen molar-refractivity contribution in [3.63, 3.8) is 0 Å². The van der Waals surface area contributed by atoms with Crippen LogP contribution in [0, 0.1) is 0 Å². The maximum Gasteiger partial charge on any atom is 0.335 e. The van der Waals surface area contributed by atoms with Crippen molar-refractivity contribution in [2.45, 2.75) is 38.2 Å². The zero-order valence-electron chi connectivity index (χ0n) is 11.6. The molecular formula is C16H17NO3S. The zero-order valence-corrected chi connectivity index (χ0v) is 12.4. The molecule has 110 valence electrons. The lowest BCUT2D eigenvalue weighted by molar-refractivity contribution is 0.0696. The summed E-state index contributed by atoms with van der Waals surface area (Å²) < 4.78 is 5.64. The number of hydrogen-bond donors (Lipinski definition) is 1. The first kappa shape index (κ1) is 14.1. The fourth-order valence-electron chi connectivity index (χ4n) is 2.66. The van der Waals surface area contributed by atoms with Crippen LogP contribution in [0.4, 0.5) is 0 Å². The van der Waals surface area contributed by atoms with Gasteiger partial charge < -0.3 is 9.84 Å². The van der Waals surface area contributed by atoms with E-state index in [1.54, 1.807) is 29.5 Å². The van der Waals surface area contributed by atoms with Gasteiger partial charge in [0.05, 0.1) is 11.3 Å². The topological polar surface area (TPSA) is 59.4 Å². The highest BCUT2D eigenvalue weighted by atomic mass is 32.1. The Morgan fingerprint density at radius 3 is 2.95 bits per heavy atom. The van der Waals surface area contributed by atoms with Crippen LogP contribution in [0.5, 0.6) is 5.75 Å². The molecule has 0 unspecified atom stereocenters. The van der Waals surface area contributed by atoms with Gasteiger partial charge >= 0.3 is 5.97 Å². The monoisotopic (exact) mass is 303 g/mol. The van der Waals surface area contributed by atoms with Gasteiger partial charge in [0.1, 0.15) is 17.4 Å². The molecule has 1 saturated carbocycles. The Balaban J connectivity index is 1.62. The summed E-state index contributed by atoms with van der Waals surface area (Å²) in [6.45, 7) is 0.389. The van der Waals surface area contributed by atoms with Crippen molar-refractivity contribution in [2.24, 2.45) is 0 Å². The van der Waals surface area contributed by atoms with Gasteiger partial charge in [0.2, 0.25) is 0 Å². The van der Waals surface area contributed by atoms with Crippen molar-refractivity contribution in [1.82, 2.24) is 4.98 Å². The third kappa shape index (κ3) is 3.42. The Bertz CT molecular complexity index is 632. The Morgan fingerprint density at radius 2 is 2.19 bits per heavy atom. The van der Waals surface area contributed by atoms with Gasteiger partial charge in [0.15, 0.2) is 0 Å². The average molecular weight is 303 g/mol. The number of aromatic carboxylic acids is 1. The third-order valence-corrected chi connectivity index (χ3v) is 4.63. The second-order valence-electron chi connectivity index (χ2n) is 5.27. The zero-order chi connectivity index (χ0) is 14.7. The summed E-state index contributed by atoms with van der Waals surface area (Å²) in [6, 6.07) is 6.53. The van der Waals surface area contributed by atoms with Gasteiger partial charge in [0.25, 0.3) is 0 Å². The highest BCUT2D eigenvalue weighted by Crippen LogP contribution is 2.34. The van der Waals surface area contributed by atoms with E-state index in [9.17, 15) is 4.79 Å². The summed E-state index contributed by atoms with van der Waals surface area (Å²) in [5, 5.41) is 12.0. The predicted molar refractivity (Wildman–Crippen MR) is 81.1 cm³/mol. The lowest BCUT2D eigenvalue weighted by Gasteiger charge is -2.05. The number of hydrogen-bond acceptors (Lipinski definition) is 4. The Hall–Kier alpha value is -1.88. The standard InChI is InChI=1S/C16H17NO3S/c18-16(19)12-6-3-7-13(8-12)20-9-15-17-14(10-21-15)11-4-1-2-5-11/h3,6-8,10-11H,1-2,4-5,9H2,(H,18,19). The van der Waals surface area contributed by atoms with E-state index >= 15 is 0 Å². The molecule has 1 heterocycles. The van der Waals surface area contributed by atoms with Gasteiger partial charge in [-0.05, 0) is 31.0 Å². The van der Waals surface area contributed by atoms with E-state index < -0.39 is 5.97 Å². The Kier molecular flexibility index (Phi) is 4.20. The number of rotatable bonds is 5. The number of ether oxygens (including phenoxy) is 1. The number of nitrogens with zero attached hydrogens (tertiary/aromatic N) is 1. The van der Waals surface area contributed by atoms with Gasteiger partial charge in [-0.1, -0.05) is 18.9 Å². The fourth-order valence-corrected chi connectivity index (χ4v) is 3.45. The molecule has 0 bridgehead atoms. The summed E-state index contributed by atoms with van der Waals surface area (Å²) in [7, 11) is 0. The van der Waals surface area contributed by atoms with Gasteiger partial charge in [-0.25, -0.2) is 9.78 Å². The molecular weight excluding hydrogens is 286 g/mol. The van der Waals surface area contributed by atoms with Gasteiger partial charge in [0, 0.05) is 11.3 Å². The molecule has 5 heteroatoms. The smallest absolute Gasteiger partial charge is 0.335 e. The number of carbonyl (C=O) groups is 1. The number of thiazole rings is 1. The molecule has 1 aliphatic carbocycles. The van der Waals surface area contributed by atoms with Crippen LogP contribution in [0.1, 0.15) is 52.7 Å². The quantitative estimate of drug-likeness (QED) is 0.904. The minimum Gasteiger partial charge on any atom is -0.486 e. The Morgan fingerprint density at radius 1 is 1.38 bits per heavy atom. The van der Waals surface area contributed by atoms with Crippen LogP contribution in [0.3, 0.4) is 0 Å². The van der Waals surface area contributed by atoms with Crippen LogP contribution >= 0.6 is 11.3 Å². The summed E-state index contributed by atoms with van der Waals surface area (Å²) >= 11 is 1.61. The third-order valence-electron chi connectivity index (χ3n) is 3.79. The van der Waals surface area contributed by atoms with Crippen LogP contribution in [0.25, 0.3) is 0 Å². The number of carboxylic acid groups (broad SMARTS) is 1. The minimum atomic E-state index is -0.946. The van der Waals surface area contributed by atoms with Crippen molar-refractivity contribution in [3.8, 4) is 5.75 Å².